The summed E-state index contributed by atoms with van der Waals surface area (Å²) >= 11 is 0. The molecule has 0 unspecified atom stereocenters. The molecule has 58 heavy (non-hydrogen) atoms. The number of allylic oxidation sites excluding steroid dienone is 2. The van der Waals surface area contributed by atoms with Gasteiger partial charge in [-0.3, -0.25) is 23.7 Å². The Labute approximate surface area is 342 Å². The standard InChI is InChI=1S/C44H61N4O9P/c1-11-16-31(25-35-19-15-18-34-17-13-14-20-36(34)35)28-46-40(51)37(27-38(45)49)47-41(52)44(9,10)48-39(50)26-32(12-2)33-23-21-30(22-24-33)29-58(53,56-54-42(3,4)5)57-55-43(6,7)8/h11-15,17-24,31-32,37H,1-2,16,25-29H2,3-10H3,(H2,45,49)(H,46,51)(H,47,52)(H,48,50)/t31-,32-,37-/m0/s1. The molecule has 0 aromatic heterocycles. The van der Waals surface area contributed by atoms with E-state index in [9.17, 15) is 23.7 Å². The van der Waals surface area contributed by atoms with Crippen LogP contribution in [0.4, 0.5) is 0 Å². The highest BCUT2D eigenvalue weighted by Gasteiger charge is 2.35. The van der Waals surface area contributed by atoms with Crippen LogP contribution in [0.1, 0.15) is 97.3 Å². The fourth-order valence-electron chi connectivity index (χ4n) is 5.86. The molecule has 0 aliphatic rings. The Morgan fingerprint density at radius 2 is 1.43 bits per heavy atom. The van der Waals surface area contributed by atoms with Crippen LogP contribution in [-0.2, 0) is 55.4 Å². The molecule has 3 atom stereocenters. The molecule has 0 aliphatic carbocycles. The fourth-order valence-corrected chi connectivity index (χ4v) is 7.33. The van der Waals surface area contributed by atoms with Crippen molar-refractivity contribution in [3.05, 3.63) is 109 Å². The van der Waals surface area contributed by atoms with E-state index in [2.05, 4.69) is 41.2 Å². The summed E-state index contributed by atoms with van der Waals surface area (Å²) in [6.45, 7) is 21.5. The van der Waals surface area contributed by atoms with Gasteiger partial charge in [0.2, 0.25) is 23.6 Å². The highest BCUT2D eigenvalue weighted by Crippen LogP contribution is 2.53. The number of nitrogens with two attached hydrogens (primary N) is 1. The SMILES string of the molecule is C=CC[C@H](CNC(=O)[C@H](CC(N)=O)NC(=O)C(C)(C)NC(=O)C[C@H](C=C)c1ccc(CP(=O)(OOC(C)(C)C)OOC(C)(C)C)cc1)Cc1cccc2ccccc12. The third-order valence-electron chi connectivity index (χ3n) is 8.78. The van der Waals surface area contributed by atoms with Gasteiger partial charge in [0.15, 0.2) is 0 Å². The van der Waals surface area contributed by atoms with Crippen LogP contribution in [0.2, 0.25) is 0 Å². The van der Waals surface area contributed by atoms with Gasteiger partial charge in [0, 0.05) is 18.9 Å². The summed E-state index contributed by atoms with van der Waals surface area (Å²) in [5.41, 5.74) is 4.95. The summed E-state index contributed by atoms with van der Waals surface area (Å²) in [6, 6.07) is 19.9. The van der Waals surface area contributed by atoms with E-state index in [0.29, 0.717) is 18.4 Å². The first-order valence-corrected chi connectivity index (χ1v) is 21.1. The summed E-state index contributed by atoms with van der Waals surface area (Å²) in [5, 5.41) is 10.5. The quantitative estimate of drug-likeness (QED) is 0.0345. The Balaban J connectivity index is 1.63. The lowest BCUT2D eigenvalue weighted by Crippen LogP contribution is -2.59. The van der Waals surface area contributed by atoms with Gasteiger partial charge in [-0.15, -0.1) is 22.5 Å². The van der Waals surface area contributed by atoms with E-state index in [0.717, 1.165) is 21.9 Å². The number of rotatable bonds is 22. The summed E-state index contributed by atoms with van der Waals surface area (Å²) < 4.78 is 24.2. The molecule has 3 aromatic carbocycles. The lowest BCUT2D eigenvalue weighted by atomic mass is 9.92. The molecule has 13 nitrogen and oxygen atoms in total. The molecule has 316 valence electrons. The molecule has 3 rings (SSSR count). The summed E-state index contributed by atoms with van der Waals surface area (Å²) in [6.07, 6.45) is 4.04. The van der Waals surface area contributed by atoms with E-state index < -0.39 is 66.3 Å². The highest BCUT2D eigenvalue weighted by molar-refractivity contribution is 7.52. The lowest BCUT2D eigenvalue weighted by molar-refractivity contribution is -0.326. The van der Waals surface area contributed by atoms with Crippen LogP contribution in [0.15, 0.2) is 92.0 Å². The number of amides is 4. The maximum absolute atomic E-state index is 13.6. The number of hydrogen-bond acceptors (Lipinski definition) is 9. The van der Waals surface area contributed by atoms with E-state index in [4.69, 9.17) is 24.9 Å². The molecule has 5 N–H and O–H groups in total. The van der Waals surface area contributed by atoms with Gasteiger partial charge in [-0.25, -0.2) is 9.78 Å². The van der Waals surface area contributed by atoms with Crippen LogP contribution in [-0.4, -0.2) is 53.0 Å². The molecule has 0 saturated carbocycles. The second-order valence-corrected chi connectivity index (χ2v) is 18.8. The van der Waals surface area contributed by atoms with Crippen molar-refractivity contribution in [2.75, 3.05) is 6.54 Å². The zero-order chi connectivity index (χ0) is 43.3. The topological polar surface area (TPSA) is 184 Å². The van der Waals surface area contributed by atoms with Crippen molar-refractivity contribution in [1.82, 2.24) is 16.0 Å². The third-order valence-corrected chi connectivity index (χ3v) is 10.1. The van der Waals surface area contributed by atoms with Crippen molar-refractivity contribution in [3.63, 3.8) is 0 Å². The molecule has 0 fully saturated rings. The van der Waals surface area contributed by atoms with Crippen molar-refractivity contribution in [2.45, 2.75) is 116 Å². The van der Waals surface area contributed by atoms with Gasteiger partial charge in [0.25, 0.3) is 0 Å². The highest BCUT2D eigenvalue weighted by atomic mass is 31.2. The number of fused-ring (bicyclic) bond motifs is 1. The minimum atomic E-state index is -3.91. The summed E-state index contributed by atoms with van der Waals surface area (Å²) in [7, 11) is -3.91. The molecular formula is C44H61N4O9P. The predicted molar refractivity (Wildman–Crippen MR) is 226 cm³/mol. The van der Waals surface area contributed by atoms with Crippen LogP contribution in [0.3, 0.4) is 0 Å². The first-order valence-electron chi connectivity index (χ1n) is 19.3. The average molecular weight is 821 g/mol. The number of primary amides is 1. The second-order valence-electron chi connectivity index (χ2n) is 16.9. The van der Waals surface area contributed by atoms with Crippen molar-refractivity contribution in [1.29, 1.82) is 0 Å². The monoisotopic (exact) mass is 820 g/mol. The summed E-state index contributed by atoms with van der Waals surface area (Å²) in [4.78, 5) is 62.9. The van der Waals surface area contributed by atoms with Crippen molar-refractivity contribution in [3.8, 4) is 0 Å². The zero-order valence-corrected chi connectivity index (χ0v) is 36.0. The third kappa shape index (κ3) is 15.9. The Morgan fingerprint density at radius 1 is 0.828 bits per heavy atom. The molecule has 0 saturated heterocycles. The molecule has 0 bridgehead atoms. The van der Waals surface area contributed by atoms with Crippen LogP contribution in [0.5, 0.6) is 0 Å². The van der Waals surface area contributed by atoms with Crippen LogP contribution < -0.4 is 21.7 Å². The number of carbonyl (C=O) groups is 4. The molecule has 0 heterocycles. The zero-order valence-electron chi connectivity index (χ0n) is 35.1. The first kappa shape index (κ1) is 47.7. The average Bonchev–Trinajstić information content (AvgIpc) is 3.13. The van der Waals surface area contributed by atoms with E-state index in [-0.39, 0.29) is 25.0 Å². The first-order chi connectivity index (χ1) is 27.0. The van der Waals surface area contributed by atoms with Crippen LogP contribution in [0, 0.1) is 5.92 Å². The summed E-state index contributed by atoms with van der Waals surface area (Å²) in [5.74, 6) is -2.95. The largest absolute Gasteiger partial charge is 0.388 e. The van der Waals surface area contributed by atoms with Gasteiger partial charge in [0.05, 0.1) is 23.8 Å². The van der Waals surface area contributed by atoms with Gasteiger partial charge in [-0.05, 0) is 102 Å². The Hall–Kier alpha value is -4.65. The number of carbonyl (C=O) groups excluding carboxylic acids is 4. The normalized spacial score (nSPS) is 13.9. The lowest BCUT2D eigenvalue weighted by Gasteiger charge is -2.28. The van der Waals surface area contributed by atoms with E-state index in [1.165, 1.54) is 13.8 Å². The van der Waals surface area contributed by atoms with Crippen molar-refractivity contribution >= 4 is 42.0 Å². The van der Waals surface area contributed by atoms with Crippen molar-refractivity contribution in [2.24, 2.45) is 11.7 Å². The van der Waals surface area contributed by atoms with E-state index >= 15 is 0 Å². The molecule has 14 heteroatoms. The van der Waals surface area contributed by atoms with Gasteiger partial charge in [0.1, 0.15) is 11.6 Å². The van der Waals surface area contributed by atoms with Gasteiger partial charge in [-0.1, -0.05) is 78.9 Å². The molecule has 0 radical (unpaired) electrons. The molecule has 0 aliphatic heterocycles. The van der Waals surface area contributed by atoms with Gasteiger partial charge < -0.3 is 21.7 Å². The molecular weight excluding hydrogens is 759 g/mol. The molecule has 4 amide bonds. The van der Waals surface area contributed by atoms with Crippen molar-refractivity contribution < 1.29 is 42.9 Å². The maximum Gasteiger partial charge on any atom is 0.388 e. The molecule has 3 aromatic rings. The second kappa shape index (κ2) is 20.9. The Morgan fingerprint density at radius 3 is 2.00 bits per heavy atom. The Bertz CT molecular complexity index is 1920. The predicted octanol–water partition coefficient (Wildman–Crippen LogP) is 7.49. The van der Waals surface area contributed by atoms with Gasteiger partial charge >= 0.3 is 7.60 Å². The maximum atomic E-state index is 13.6. The fraction of sp³-hybridized carbons (Fsp3) is 0.455. The number of nitrogens with one attached hydrogen (secondary N) is 3. The van der Waals surface area contributed by atoms with E-state index in [1.54, 1.807) is 78.0 Å². The van der Waals surface area contributed by atoms with Crippen LogP contribution in [0.25, 0.3) is 10.8 Å². The minimum Gasteiger partial charge on any atom is -0.370 e. The number of benzene rings is 3. The van der Waals surface area contributed by atoms with Crippen LogP contribution >= 0.6 is 7.60 Å². The molecule has 0 spiro atoms. The Kier molecular flexibility index (Phi) is 17.2. The van der Waals surface area contributed by atoms with E-state index in [1.807, 2.05) is 30.3 Å². The van der Waals surface area contributed by atoms with Gasteiger partial charge in [-0.2, -0.15) is 0 Å². The smallest absolute Gasteiger partial charge is 0.370 e. The minimum absolute atomic E-state index is 0.00672. The number of hydrogen-bond donors (Lipinski definition) is 4.